The normalized spacial score (nSPS) is 22.7. The Hall–Kier alpha value is -1.44. The summed E-state index contributed by atoms with van der Waals surface area (Å²) in [5, 5.41) is 0. The van der Waals surface area contributed by atoms with E-state index in [9.17, 15) is 0 Å². The highest BCUT2D eigenvalue weighted by Gasteiger charge is 2.20. The Morgan fingerprint density at radius 2 is 1.78 bits per heavy atom. The molecule has 1 aromatic rings. The summed E-state index contributed by atoms with van der Waals surface area (Å²) in [5.74, 6) is 2.46. The summed E-state index contributed by atoms with van der Waals surface area (Å²) in [4.78, 5) is 0. The lowest BCUT2D eigenvalue weighted by atomic mass is 9.81. The van der Waals surface area contributed by atoms with Crippen molar-refractivity contribution in [3.63, 3.8) is 0 Å². The van der Waals surface area contributed by atoms with Crippen LogP contribution < -0.4 is 9.47 Å². The molecule has 95 valence electrons. The van der Waals surface area contributed by atoms with Gasteiger partial charge in [0.1, 0.15) is 13.2 Å². The van der Waals surface area contributed by atoms with Gasteiger partial charge in [-0.05, 0) is 56.2 Å². The molecule has 1 heterocycles. The zero-order chi connectivity index (χ0) is 12.4. The first-order chi connectivity index (χ1) is 8.86. The van der Waals surface area contributed by atoms with Crippen LogP contribution in [0, 0.1) is 6.92 Å². The summed E-state index contributed by atoms with van der Waals surface area (Å²) >= 11 is 0. The van der Waals surface area contributed by atoms with Gasteiger partial charge in [-0.2, -0.15) is 0 Å². The first-order valence-corrected chi connectivity index (χ1v) is 6.73. The largest absolute Gasteiger partial charge is 0.486 e. The van der Waals surface area contributed by atoms with Crippen molar-refractivity contribution in [1.82, 2.24) is 0 Å². The summed E-state index contributed by atoms with van der Waals surface area (Å²) in [5.41, 5.74) is 2.89. The molecule has 1 saturated carbocycles. The minimum atomic E-state index is 0.657. The van der Waals surface area contributed by atoms with Crippen molar-refractivity contribution in [1.29, 1.82) is 0 Å². The van der Waals surface area contributed by atoms with Crippen LogP contribution in [-0.2, 0) is 0 Å². The molecule has 0 saturated heterocycles. The number of rotatable bonds is 1. The molecule has 1 fully saturated rings. The summed E-state index contributed by atoms with van der Waals surface area (Å²) in [6, 6.07) is 6.41. The van der Waals surface area contributed by atoms with Crippen LogP contribution in [0.3, 0.4) is 0 Å². The third kappa shape index (κ3) is 2.24. The number of hydrogen-bond donors (Lipinski definition) is 0. The Morgan fingerprint density at radius 1 is 1.06 bits per heavy atom. The topological polar surface area (TPSA) is 18.5 Å². The van der Waals surface area contributed by atoms with Crippen LogP contribution in [0.2, 0.25) is 0 Å². The Morgan fingerprint density at radius 3 is 2.50 bits per heavy atom. The van der Waals surface area contributed by atoms with Crippen LogP contribution in [0.25, 0.3) is 0 Å². The van der Waals surface area contributed by atoms with Gasteiger partial charge in [-0.1, -0.05) is 17.7 Å². The molecule has 2 aliphatic rings. The van der Waals surface area contributed by atoms with Crippen molar-refractivity contribution in [2.24, 2.45) is 0 Å². The van der Waals surface area contributed by atoms with Crippen molar-refractivity contribution in [3.8, 4) is 11.5 Å². The fourth-order valence-electron chi connectivity index (χ4n) is 2.84. The lowest BCUT2D eigenvalue weighted by Crippen LogP contribution is -2.16. The number of benzene rings is 1. The average Bonchev–Trinajstić information content (AvgIpc) is 2.47. The summed E-state index contributed by atoms with van der Waals surface area (Å²) in [6.45, 7) is 5.19. The first kappa shape index (κ1) is 11.6. The maximum absolute atomic E-state index is 5.65. The molecule has 3 rings (SSSR count). The van der Waals surface area contributed by atoms with Crippen LogP contribution in [-0.4, -0.2) is 13.2 Å². The zero-order valence-electron chi connectivity index (χ0n) is 10.7. The SMILES string of the molecule is [CH2]C=C1CCC(c2ccc3c(c2)OCCO3)CC1. The molecule has 0 N–H and O–H groups in total. The van der Waals surface area contributed by atoms with E-state index in [2.05, 4.69) is 25.1 Å². The van der Waals surface area contributed by atoms with E-state index in [4.69, 9.17) is 9.47 Å². The highest BCUT2D eigenvalue weighted by Crippen LogP contribution is 2.39. The molecule has 1 aliphatic heterocycles. The molecule has 2 nitrogen and oxygen atoms in total. The van der Waals surface area contributed by atoms with Crippen molar-refractivity contribution >= 4 is 0 Å². The van der Waals surface area contributed by atoms with E-state index in [1.807, 2.05) is 6.08 Å². The highest BCUT2D eigenvalue weighted by atomic mass is 16.6. The standard InChI is InChI=1S/C16H19O2/c1-2-12-3-5-13(6-4-12)14-7-8-15-16(11-14)18-10-9-17-15/h2,7-8,11,13H,1,3-6,9-10H2. The van der Waals surface area contributed by atoms with E-state index in [1.165, 1.54) is 36.8 Å². The van der Waals surface area contributed by atoms with Crippen LogP contribution >= 0.6 is 0 Å². The fourth-order valence-corrected chi connectivity index (χ4v) is 2.84. The van der Waals surface area contributed by atoms with Crippen molar-refractivity contribution in [3.05, 3.63) is 42.3 Å². The molecular weight excluding hydrogens is 224 g/mol. The lowest BCUT2D eigenvalue weighted by Gasteiger charge is -2.26. The van der Waals surface area contributed by atoms with Gasteiger partial charge < -0.3 is 9.47 Å². The molecule has 0 amide bonds. The van der Waals surface area contributed by atoms with Crippen LogP contribution in [0.15, 0.2) is 29.8 Å². The third-order valence-electron chi connectivity index (χ3n) is 3.95. The van der Waals surface area contributed by atoms with E-state index < -0.39 is 0 Å². The maximum atomic E-state index is 5.65. The zero-order valence-corrected chi connectivity index (χ0v) is 10.7. The molecule has 0 unspecified atom stereocenters. The Balaban J connectivity index is 1.77. The first-order valence-electron chi connectivity index (χ1n) is 6.73. The van der Waals surface area contributed by atoms with Gasteiger partial charge in [0.15, 0.2) is 11.5 Å². The van der Waals surface area contributed by atoms with Gasteiger partial charge in [0.2, 0.25) is 0 Å². The minimum absolute atomic E-state index is 0.657. The van der Waals surface area contributed by atoms with E-state index >= 15 is 0 Å². The van der Waals surface area contributed by atoms with Gasteiger partial charge in [-0.3, -0.25) is 0 Å². The fraction of sp³-hybridized carbons (Fsp3) is 0.438. The maximum Gasteiger partial charge on any atom is 0.161 e. The number of fused-ring (bicyclic) bond motifs is 1. The monoisotopic (exact) mass is 243 g/mol. The number of allylic oxidation sites excluding steroid dienone is 2. The Kier molecular flexibility index (Phi) is 3.26. The third-order valence-corrected chi connectivity index (χ3v) is 3.95. The van der Waals surface area contributed by atoms with Gasteiger partial charge >= 0.3 is 0 Å². The second-order valence-corrected chi connectivity index (χ2v) is 5.04. The van der Waals surface area contributed by atoms with Gasteiger partial charge in [0.05, 0.1) is 0 Å². The lowest BCUT2D eigenvalue weighted by molar-refractivity contribution is 0.171. The smallest absolute Gasteiger partial charge is 0.161 e. The molecule has 0 aromatic heterocycles. The number of ether oxygens (including phenoxy) is 2. The molecule has 0 atom stereocenters. The Labute approximate surface area is 109 Å². The molecule has 2 heteroatoms. The second-order valence-electron chi connectivity index (χ2n) is 5.04. The molecule has 18 heavy (non-hydrogen) atoms. The predicted octanol–water partition coefficient (Wildman–Crippen LogP) is 3.88. The van der Waals surface area contributed by atoms with Crippen molar-refractivity contribution in [2.45, 2.75) is 31.6 Å². The van der Waals surface area contributed by atoms with Gasteiger partial charge in [0.25, 0.3) is 0 Å². The molecule has 1 aromatic carbocycles. The number of hydrogen-bond acceptors (Lipinski definition) is 2. The van der Waals surface area contributed by atoms with E-state index in [0.29, 0.717) is 19.1 Å². The predicted molar refractivity (Wildman–Crippen MR) is 72.1 cm³/mol. The van der Waals surface area contributed by atoms with Crippen molar-refractivity contribution < 1.29 is 9.47 Å². The highest BCUT2D eigenvalue weighted by molar-refractivity contribution is 5.45. The van der Waals surface area contributed by atoms with Gasteiger partial charge in [0, 0.05) is 0 Å². The van der Waals surface area contributed by atoms with Gasteiger partial charge in [-0.15, -0.1) is 0 Å². The molecule has 0 spiro atoms. The van der Waals surface area contributed by atoms with Crippen LogP contribution in [0.4, 0.5) is 0 Å². The summed E-state index contributed by atoms with van der Waals surface area (Å²) in [7, 11) is 0. The summed E-state index contributed by atoms with van der Waals surface area (Å²) in [6.07, 6.45) is 6.84. The van der Waals surface area contributed by atoms with Crippen molar-refractivity contribution in [2.75, 3.05) is 13.2 Å². The van der Waals surface area contributed by atoms with Crippen LogP contribution in [0.5, 0.6) is 11.5 Å². The molecular formula is C16H19O2. The molecule has 1 aliphatic carbocycles. The van der Waals surface area contributed by atoms with Crippen LogP contribution in [0.1, 0.15) is 37.2 Å². The quantitative estimate of drug-likeness (QED) is 0.745. The second kappa shape index (κ2) is 5.05. The van der Waals surface area contributed by atoms with E-state index in [0.717, 1.165) is 11.5 Å². The molecule has 1 radical (unpaired) electrons. The Bertz CT molecular complexity index is 452. The summed E-state index contributed by atoms with van der Waals surface area (Å²) < 4.78 is 11.2. The van der Waals surface area contributed by atoms with E-state index in [1.54, 1.807) is 0 Å². The molecule has 0 bridgehead atoms. The average molecular weight is 243 g/mol. The van der Waals surface area contributed by atoms with E-state index in [-0.39, 0.29) is 0 Å². The minimum Gasteiger partial charge on any atom is -0.486 e. The van der Waals surface area contributed by atoms with Gasteiger partial charge in [-0.25, -0.2) is 0 Å².